The molecule has 1 aliphatic heterocycles. The molecule has 0 radical (unpaired) electrons. The zero-order valence-corrected chi connectivity index (χ0v) is 21.5. The summed E-state index contributed by atoms with van der Waals surface area (Å²) in [5.74, 6) is -1.33. The van der Waals surface area contributed by atoms with Gasteiger partial charge in [0, 0.05) is 25.0 Å². The van der Waals surface area contributed by atoms with Crippen molar-refractivity contribution in [1.29, 1.82) is 0 Å². The van der Waals surface area contributed by atoms with Crippen molar-refractivity contribution < 1.29 is 37.0 Å². The van der Waals surface area contributed by atoms with Gasteiger partial charge in [0.2, 0.25) is 5.91 Å². The second kappa shape index (κ2) is 12.5. The van der Waals surface area contributed by atoms with Crippen LogP contribution in [0.2, 0.25) is 0 Å². The van der Waals surface area contributed by atoms with Crippen molar-refractivity contribution in [2.24, 2.45) is 0 Å². The minimum Gasteiger partial charge on any atom is -0.467 e. The van der Waals surface area contributed by atoms with E-state index in [9.17, 15) is 27.6 Å². The first-order valence-electron chi connectivity index (χ1n) is 12.3. The van der Waals surface area contributed by atoms with Crippen LogP contribution in [0.3, 0.4) is 0 Å². The Morgan fingerprint density at radius 2 is 1.70 bits per heavy atom. The van der Waals surface area contributed by atoms with Gasteiger partial charge in [0.25, 0.3) is 0 Å². The fourth-order valence-electron chi connectivity index (χ4n) is 4.17. The van der Waals surface area contributed by atoms with E-state index in [4.69, 9.17) is 9.47 Å². The molecule has 1 saturated heterocycles. The van der Waals surface area contributed by atoms with E-state index in [-0.39, 0.29) is 26.2 Å². The number of carbonyl (C=O) groups is 3. The largest absolute Gasteiger partial charge is 0.467 e. The van der Waals surface area contributed by atoms with Gasteiger partial charge in [-0.2, -0.15) is 13.2 Å². The van der Waals surface area contributed by atoms with Gasteiger partial charge < -0.3 is 19.3 Å². The Bertz CT molecular complexity index is 1360. The number of nitrogens with zero attached hydrogens (tertiary/aromatic N) is 3. The van der Waals surface area contributed by atoms with Crippen LogP contribution >= 0.6 is 0 Å². The molecule has 0 saturated carbocycles. The summed E-state index contributed by atoms with van der Waals surface area (Å²) < 4.78 is 48.6. The predicted octanol–water partition coefficient (Wildman–Crippen LogP) is 4.80. The van der Waals surface area contributed by atoms with Crippen LogP contribution in [0.4, 0.5) is 18.0 Å². The van der Waals surface area contributed by atoms with Crippen LogP contribution in [-0.4, -0.2) is 65.6 Å². The van der Waals surface area contributed by atoms with E-state index >= 15 is 0 Å². The van der Waals surface area contributed by atoms with Crippen molar-refractivity contribution in [3.63, 3.8) is 0 Å². The van der Waals surface area contributed by atoms with E-state index in [1.54, 1.807) is 12.4 Å². The number of rotatable bonds is 9. The number of amides is 2. The molecule has 8 nitrogen and oxygen atoms in total. The summed E-state index contributed by atoms with van der Waals surface area (Å²) in [6.07, 6.45) is 0.802. The number of cyclic esters (lactones) is 1. The van der Waals surface area contributed by atoms with Crippen LogP contribution in [0.15, 0.2) is 79.1 Å². The number of ether oxygens (including phenoxy) is 2. The highest BCUT2D eigenvalue weighted by molar-refractivity contribution is 5.95. The third kappa shape index (κ3) is 7.04. The topological polar surface area (TPSA) is 89.0 Å². The second-order valence-corrected chi connectivity index (χ2v) is 8.95. The molecule has 0 N–H and O–H groups in total. The van der Waals surface area contributed by atoms with E-state index in [0.717, 1.165) is 23.3 Å². The first-order valence-corrected chi connectivity index (χ1v) is 12.3. The highest BCUT2D eigenvalue weighted by atomic mass is 19.4. The smallest absolute Gasteiger partial charge is 0.416 e. The molecule has 0 bridgehead atoms. The van der Waals surface area contributed by atoms with E-state index in [1.165, 1.54) is 41.2 Å². The molecule has 1 fully saturated rings. The summed E-state index contributed by atoms with van der Waals surface area (Å²) in [5, 5.41) is 0. The number of methoxy groups -OCH3 is 1. The Balaban J connectivity index is 1.61. The van der Waals surface area contributed by atoms with Gasteiger partial charge in [-0.3, -0.25) is 9.78 Å². The van der Waals surface area contributed by atoms with Crippen LogP contribution in [-0.2, 0) is 31.8 Å². The van der Waals surface area contributed by atoms with Gasteiger partial charge in [-0.05, 0) is 52.6 Å². The van der Waals surface area contributed by atoms with Crippen LogP contribution in [0.1, 0.15) is 16.7 Å². The lowest BCUT2D eigenvalue weighted by molar-refractivity contribution is -0.152. The van der Waals surface area contributed by atoms with E-state index in [0.29, 0.717) is 11.1 Å². The lowest BCUT2D eigenvalue weighted by Crippen LogP contribution is -2.51. The van der Waals surface area contributed by atoms with Crippen molar-refractivity contribution in [2.45, 2.75) is 18.8 Å². The number of carbonyl (C=O) groups excluding carboxylic acids is 3. The Morgan fingerprint density at radius 3 is 2.27 bits per heavy atom. The number of hydrogen-bond acceptors (Lipinski definition) is 6. The molecule has 1 aliphatic rings. The van der Waals surface area contributed by atoms with Crippen molar-refractivity contribution in [2.75, 3.05) is 26.8 Å². The number of alkyl halides is 3. The van der Waals surface area contributed by atoms with Crippen molar-refractivity contribution in [3.8, 4) is 11.1 Å². The molecule has 2 heterocycles. The molecule has 0 aliphatic carbocycles. The third-order valence-electron chi connectivity index (χ3n) is 6.35. The highest BCUT2D eigenvalue weighted by Gasteiger charge is 2.35. The molecule has 0 spiro atoms. The summed E-state index contributed by atoms with van der Waals surface area (Å²) in [5.41, 5.74) is 2.13. The number of halogens is 3. The first-order chi connectivity index (χ1) is 19.2. The lowest BCUT2D eigenvalue weighted by atomic mass is 10.0. The Kier molecular flexibility index (Phi) is 8.83. The number of aromatic nitrogens is 1. The summed E-state index contributed by atoms with van der Waals surface area (Å²) in [6, 6.07) is 14.2. The minimum atomic E-state index is -4.48. The van der Waals surface area contributed by atoms with E-state index in [2.05, 4.69) is 4.98 Å². The molecule has 40 heavy (non-hydrogen) atoms. The maximum absolute atomic E-state index is 13.5. The monoisotopic (exact) mass is 553 g/mol. The summed E-state index contributed by atoms with van der Waals surface area (Å²) in [7, 11) is 1.18. The molecule has 4 rings (SSSR count). The summed E-state index contributed by atoms with van der Waals surface area (Å²) >= 11 is 0. The number of esters is 1. The first kappa shape index (κ1) is 28.3. The number of hydrogen-bond donors (Lipinski definition) is 0. The molecular weight excluding hydrogens is 527 g/mol. The average molecular weight is 554 g/mol. The van der Waals surface area contributed by atoms with Gasteiger partial charge in [0.15, 0.2) is 0 Å². The quantitative estimate of drug-likeness (QED) is 0.279. The average Bonchev–Trinajstić information content (AvgIpc) is 3.37. The Labute approximate surface area is 228 Å². The molecule has 1 unspecified atom stereocenters. The fraction of sp³-hybridized carbons (Fsp3) is 0.241. The molecular formula is C29H26F3N3O5. The van der Waals surface area contributed by atoms with E-state index in [1.807, 2.05) is 36.4 Å². The van der Waals surface area contributed by atoms with E-state index < -0.39 is 35.8 Å². The Hall–Kier alpha value is -4.67. The van der Waals surface area contributed by atoms with Gasteiger partial charge in [0.1, 0.15) is 12.6 Å². The molecule has 208 valence electrons. The van der Waals surface area contributed by atoms with Crippen molar-refractivity contribution in [1.82, 2.24) is 14.8 Å². The van der Waals surface area contributed by atoms with Crippen molar-refractivity contribution >= 4 is 24.0 Å². The summed E-state index contributed by atoms with van der Waals surface area (Å²) in [6.45, 7) is 0.247. The third-order valence-corrected chi connectivity index (χ3v) is 6.35. The van der Waals surface area contributed by atoms with Gasteiger partial charge in [0.05, 0.1) is 25.8 Å². The highest BCUT2D eigenvalue weighted by Crippen LogP contribution is 2.29. The van der Waals surface area contributed by atoms with Crippen LogP contribution in [0.5, 0.6) is 0 Å². The zero-order valence-electron chi connectivity index (χ0n) is 21.5. The normalized spacial score (nSPS) is 14.2. The van der Waals surface area contributed by atoms with Gasteiger partial charge in [-0.15, -0.1) is 0 Å². The minimum absolute atomic E-state index is 0.00450. The standard InChI is InChI=1S/C29H26F3N3O5/c1-39-27(37)25(19-34-16-17-40-28(34)38)35(18-21-2-7-22(8-3-21)23-12-14-33-15-13-23)26(36)11-6-20-4-9-24(10-5-20)29(30,31)32/h2-15,25H,16-19H2,1H3/b11-6+. The molecule has 2 aromatic carbocycles. The second-order valence-electron chi connectivity index (χ2n) is 8.95. The SMILES string of the molecule is COC(=O)C(CN1CCOC1=O)N(Cc1ccc(-c2ccncc2)cc1)C(=O)/C=C/c1ccc(C(F)(F)F)cc1. The molecule has 2 amide bonds. The number of pyridine rings is 1. The van der Waals surface area contributed by atoms with Crippen LogP contribution in [0.25, 0.3) is 17.2 Å². The zero-order chi connectivity index (χ0) is 28.7. The molecule has 3 aromatic rings. The fourth-order valence-corrected chi connectivity index (χ4v) is 4.17. The van der Waals surface area contributed by atoms with Gasteiger partial charge in [-0.25, -0.2) is 9.59 Å². The molecule has 1 aromatic heterocycles. The maximum atomic E-state index is 13.5. The van der Waals surface area contributed by atoms with Gasteiger partial charge in [-0.1, -0.05) is 36.4 Å². The molecule has 1 atom stereocenters. The van der Waals surface area contributed by atoms with Crippen LogP contribution < -0.4 is 0 Å². The lowest BCUT2D eigenvalue weighted by Gasteiger charge is -2.31. The Morgan fingerprint density at radius 1 is 1.05 bits per heavy atom. The van der Waals surface area contributed by atoms with Crippen molar-refractivity contribution in [3.05, 3.63) is 95.8 Å². The molecule has 11 heteroatoms. The predicted molar refractivity (Wildman–Crippen MR) is 139 cm³/mol. The van der Waals surface area contributed by atoms with Gasteiger partial charge >= 0.3 is 18.2 Å². The number of benzene rings is 2. The van der Waals surface area contributed by atoms with Crippen LogP contribution in [0, 0.1) is 0 Å². The maximum Gasteiger partial charge on any atom is 0.416 e. The summed E-state index contributed by atoms with van der Waals surface area (Å²) in [4.78, 5) is 45.0.